The summed E-state index contributed by atoms with van der Waals surface area (Å²) in [5.41, 5.74) is 3.19. The van der Waals surface area contributed by atoms with Gasteiger partial charge in [0.05, 0.1) is 0 Å². The van der Waals surface area contributed by atoms with Crippen molar-refractivity contribution in [3.8, 4) is 5.75 Å². The number of benzene rings is 3. The van der Waals surface area contributed by atoms with Crippen molar-refractivity contribution in [2.24, 2.45) is 0 Å². The molecule has 0 atom stereocenters. The highest BCUT2D eigenvalue weighted by molar-refractivity contribution is 5.57. The second-order valence-corrected chi connectivity index (χ2v) is 5.62. The fraction of sp³-hybridized carbons (Fsp3) is 0.0435. The summed E-state index contributed by atoms with van der Waals surface area (Å²) in [6.45, 7) is 0. The first-order valence-corrected chi connectivity index (χ1v) is 8.07. The molecule has 0 aliphatic rings. The van der Waals surface area contributed by atoms with Crippen molar-refractivity contribution in [1.82, 2.24) is 0 Å². The molecule has 0 unspecified atom stereocenters. The van der Waals surface area contributed by atoms with Gasteiger partial charge in [0.15, 0.2) is 0 Å². The van der Waals surface area contributed by atoms with Gasteiger partial charge >= 0.3 is 0 Å². The smallest absolute Gasteiger partial charge is 0.119 e. The fourth-order valence-corrected chi connectivity index (χ4v) is 2.60. The Labute approximate surface area is 143 Å². The minimum atomic E-state index is 0.00612. The molecule has 0 amide bonds. The van der Waals surface area contributed by atoms with E-state index in [0.29, 0.717) is 5.75 Å². The number of aromatic hydroxyl groups is 1. The predicted molar refractivity (Wildman–Crippen MR) is 102 cm³/mol. The maximum atomic E-state index is 10.2. The van der Waals surface area contributed by atoms with Crippen molar-refractivity contribution in [1.29, 1.82) is 0 Å². The third kappa shape index (κ3) is 4.23. The molecule has 3 aromatic rings. The van der Waals surface area contributed by atoms with Gasteiger partial charge in [-0.1, -0.05) is 103 Å². The lowest BCUT2D eigenvalue weighted by Crippen LogP contribution is -1.92. The Balaban J connectivity index is 1.91. The van der Waals surface area contributed by atoms with Crippen molar-refractivity contribution >= 4 is 12.2 Å². The van der Waals surface area contributed by atoms with Crippen LogP contribution in [0, 0.1) is 0 Å². The van der Waals surface area contributed by atoms with Crippen LogP contribution in [0.2, 0.25) is 0 Å². The van der Waals surface area contributed by atoms with Crippen LogP contribution in [0.25, 0.3) is 12.2 Å². The van der Waals surface area contributed by atoms with E-state index in [9.17, 15) is 5.11 Å². The van der Waals surface area contributed by atoms with E-state index in [1.807, 2.05) is 54.6 Å². The topological polar surface area (TPSA) is 20.2 Å². The molecule has 0 aliphatic heterocycles. The Bertz CT molecular complexity index is 767. The molecule has 0 heterocycles. The summed E-state index contributed by atoms with van der Waals surface area (Å²) in [6, 6.07) is 27.9. The molecule has 1 nitrogen and oxygen atoms in total. The SMILES string of the molecule is Oc1ccccc1C(/C=C/c1ccccc1)/C=C/c1ccccc1. The normalized spacial score (nSPS) is 11.5. The van der Waals surface area contributed by atoms with Crippen molar-refractivity contribution in [3.63, 3.8) is 0 Å². The maximum Gasteiger partial charge on any atom is 0.119 e. The molecule has 0 radical (unpaired) electrons. The van der Waals surface area contributed by atoms with Crippen LogP contribution in [0.15, 0.2) is 97.1 Å². The highest BCUT2D eigenvalue weighted by Crippen LogP contribution is 2.29. The second-order valence-electron chi connectivity index (χ2n) is 5.62. The molecule has 0 aromatic heterocycles. The van der Waals surface area contributed by atoms with Gasteiger partial charge in [-0.25, -0.2) is 0 Å². The van der Waals surface area contributed by atoms with Crippen LogP contribution in [-0.4, -0.2) is 5.11 Å². The van der Waals surface area contributed by atoms with Crippen molar-refractivity contribution < 1.29 is 5.11 Å². The molecule has 24 heavy (non-hydrogen) atoms. The first kappa shape index (κ1) is 15.8. The number of phenols is 1. The molecule has 0 saturated carbocycles. The van der Waals surface area contributed by atoms with Crippen LogP contribution in [0.4, 0.5) is 0 Å². The molecule has 0 spiro atoms. The number of rotatable bonds is 5. The first-order chi connectivity index (χ1) is 11.8. The van der Waals surface area contributed by atoms with Crippen LogP contribution < -0.4 is 0 Å². The van der Waals surface area contributed by atoms with Gasteiger partial charge in [-0.05, 0) is 17.2 Å². The molecule has 118 valence electrons. The second kappa shape index (κ2) is 7.98. The average molecular weight is 312 g/mol. The zero-order valence-corrected chi connectivity index (χ0v) is 13.4. The fourth-order valence-electron chi connectivity index (χ4n) is 2.60. The van der Waals surface area contributed by atoms with Crippen LogP contribution in [0.3, 0.4) is 0 Å². The average Bonchev–Trinajstić information content (AvgIpc) is 2.64. The van der Waals surface area contributed by atoms with Crippen LogP contribution >= 0.6 is 0 Å². The summed E-state index contributed by atoms with van der Waals surface area (Å²) >= 11 is 0. The van der Waals surface area contributed by atoms with Crippen LogP contribution in [0.5, 0.6) is 5.75 Å². The van der Waals surface area contributed by atoms with E-state index in [1.54, 1.807) is 6.07 Å². The molecule has 0 aliphatic carbocycles. The number of hydrogen-bond donors (Lipinski definition) is 1. The summed E-state index contributed by atoms with van der Waals surface area (Å²) in [7, 11) is 0. The molecule has 0 bridgehead atoms. The van der Waals surface area contributed by atoms with E-state index >= 15 is 0 Å². The van der Waals surface area contributed by atoms with Gasteiger partial charge in [-0.15, -0.1) is 0 Å². The quantitative estimate of drug-likeness (QED) is 0.621. The highest BCUT2D eigenvalue weighted by atomic mass is 16.3. The summed E-state index contributed by atoms with van der Waals surface area (Å²) in [5.74, 6) is 0.324. The maximum absolute atomic E-state index is 10.2. The Hall–Kier alpha value is -3.06. The number of para-hydroxylation sites is 1. The van der Waals surface area contributed by atoms with E-state index in [1.165, 1.54) is 0 Å². The Morgan fingerprint density at radius 3 is 1.54 bits per heavy atom. The highest BCUT2D eigenvalue weighted by Gasteiger charge is 2.08. The molecular formula is C23H20O. The van der Waals surface area contributed by atoms with Gasteiger partial charge < -0.3 is 5.11 Å². The monoisotopic (exact) mass is 312 g/mol. The van der Waals surface area contributed by atoms with Crippen molar-refractivity contribution in [2.75, 3.05) is 0 Å². The number of phenolic OH excluding ortho intramolecular Hbond substituents is 1. The van der Waals surface area contributed by atoms with Gasteiger partial charge in [-0.3, -0.25) is 0 Å². The van der Waals surface area contributed by atoms with Crippen molar-refractivity contribution in [3.05, 3.63) is 114 Å². The van der Waals surface area contributed by atoms with E-state index in [2.05, 4.69) is 48.6 Å². The van der Waals surface area contributed by atoms with Gasteiger partial charge in [0, 0.05) is 11.5 Å². The van der Waals surface area contributed by atoms with E-state index in [4.69, 9.17) is 0 Å². The third-order valence-corrected chi connectivity index (χ3v) is 3.89. The van der Waals surface area contributed by atoms with E-state index in [0.717, 1.165) is 16.7 Å². The molecule has 1 N–H and O–H groups in total. The van der Waals surface area contributed by atoms with Crippen molar-refractivity contribution in [2.45, 2.75) is 5.92 Å². The lowest BCUT2D eigenvalue weighted by atomic mass is 9.95. The minimum absolute atomic E-state index is 0.00612. The van der Waals surface area contributed by atoms with E-state index < -0.39 is 0 Å². The lowest BCUT2D eigenvalue weighted by molar-refractivity contribution is 0.468. The molecule has 0 saturated heterocycles. The summed E-state index contributed by atoms with van der Waals surface area (Å²) < 4.78 is 0. The summed E-state index contributed by atoms with van der Waals surface area (Å²) in [6.07, 6.45) is 8.41. The Morgan fingerprint density at radius 2 is 1.04 bits per heavy atom. The third-order valence-electron chi connectivity index (χ3n) is 3.89. The van der Waals surface area contributed by atoms with Gasteiger partial charge in [-0.2, -0.15) is 0 Å². The molecule has 1 heteroatoms. The number of hydrogen-bond acceptors (Lipinski definition) is 1. The van der Waals surface area contributed by atoms with Gasteiger partial charge in [0.25, 0.3) is 0 Å². The molecule has 0 fully saturated rings. The van der Waals surface area contributed by atoms with Crippen LogP contribution in [-0.2, 0) is 0 Å². The molecule has 3 rings (SSSR count). The van der Waals surface area contributed by atoms with Crippen LogP contribution in [0.1, 0.15) is 22.6 Å². The van der Waals surface area contributed by atoms with Gasteiger partial charge in [0.1, 0.15) is 5.75 Å². The summed E-state index contributed by atoms with van der Waals surface area (Å²) in [5, 5.41) is 10.2. The minimum Gasteiger partial charge on any atom is -0.508 e. The van der Waals surface area contributed by atoms with Gasteiger partial charge in [0.2, 0.25) is 0 Å². The standard InChI is InChI=1S/C23H20O/c24-23-14-8-7-13-22(23)21(17-15-19-9-3-1-4-10-19)18-16-20-11-5-2-6-12-20/h1-18,21,24H/b17-15+,18-16+. The zero-order chi connectivity index (χ0) is 16.6. The lowest BCUT2D eigenvalue weighted by Gasteiger charge is -2.11. The Kier molecular flexibility index (Phi) is 5.26. The van der Waals surface area contributed by atoms with E-state index in [-0.39, 0.29) is 5.92 Å². The zero-order valence-electron chi connectivity index (χ0n) is 13.4. The Morgan fingerprint density at radius 1 is 0.583 bits per heavy atom. The largest absolute Gasteiger partial charge is 0.508 e. The molecule has 3 aromatic carbocycles. The summed E-state index contributed by atoms with van der Waals surface area (Å²) in [4.78, 5) is 0. The first-order valence-electron chi connectivity index (χ1n) is 8.07. The molecular weight excluding hydrogens is 292 g/mol. The predicted octanol–water partition coefficient (Wildman–Crippen LogP) is 5.90. The number of allylic oxidation sites excluding steroid dienone is 2.